The Morgan fingerprint density at radius 1 is 1.38 bits per heavy atom. The van der Waals surface area contributed by atoms with Crippen LogP contribution in [0.3, 0.4) is 0 Å². The van der Waals surface area contributed by atoms with Gasteiger partial charge in [0, 0.05) is 0 Å². The Bertz CT molecular complexity index is 168. The molecule has 2 unspecified atom stereocenters. The van der Waals surface area contributed by atoms with Crippen LogP contribution < -0.4 is 0 Å². The Morgan fingerprint density at radius 2 is 2.08 bits per heavy atom. The molecule has 0 spiro atoms. The van der Waals surface area contributed by atoms with Crippen LogP contribution in [-0.2, 0) is 9.47 Å². The highest BCUT2D eigenvalue weighted by atomic mass is 16.7. The standard InChI is InChI=1S/C10H18O3/c1-3-12-10(11)13-9-7-5-4-6-8(9)2/h8-9H,3-7H2,1-2H3. The van der Waals surface area contributed by atoms with Crippen molar-refractivity contribution in [3.05, 3.63) is 0 Å². The van der Waals surface area contributed by atoms with E-state index in [2.05, 4.69) is 6.92 Å². The highest BCUT2D eigenvalue weighted by Crippen LogP contribution is 2.26. The first-order valence-electron chi connectivity index (χ1n) is 5.07. The van der Waals surface area contributed by atoms with Gasteiger partial charge in [0.25, 0.3) is 0 Å². The van der Waals surface area contributed by atoms with Gasteiger partial charge in [0.1, 0.15) is 6.10 Å². The molecular formula is C10H18O3. The third-order valence-corrected chi connectivity index (χ3v) is 2.54. The fraction of sp³-hybridized carbons (Fsp3) is 0.900. The molecule has 0 aromatic carbocycles. The normalized spacial score (nSPS) is 28.2. The van der Waals surface area contributed by atoms with Crippen molar-refractivity contribution >= 4 is 6.16 Å². The topological polar surface area (TPSA) is 35.5 Å². The Kier molecular flexibility index (Phi) is 4.06. The van der Waals surface area contributed by atoms with Gasteiger partial charge in [-0.25, -0.2) is 4.79 Å². The van der Waals surface area contributed by atoms with Crippen LogP contribution in [0.5, 0.6) is 0 Å². The van der Waals surface area contributed by atoms with Gasteiger partial charge in [0.05, 0.1) is 6.61 Å². The molecule has 13 heavy (non-hydrogen) atoms. The minimum Gasteiger partial charge on any atom is -0.435 e. The summed E-state index contributed by atoms with van der Waals surface area (Å²) in [7, 11) is 0. The van der Waals surface area contributed by atoms with E-state index in [9.17, 15) is 4.79 Å². The Morgan fingerprint density at radius 3 is 2.69 bits per heavy atom. The number of rotatable bonds is 2. The zero-order chi connectivity index (χ0) is 9.68. The van der Waals surface area contributed by atoms with Crippen LogP contribution in [0.2, 0.25) is 0 Å². The van der Waals surface area contributed by atoms with Crippen LogP contribution in [0.25, 0.3) is 0 Å². The molecule has 0 N–H and O–H groups in total. The predicted molar refractivity (Wildman–Crippen MR) is 49.5 cm³/mol. The molecule has 1 aliphatic carbocycles. The quantitative estimate of drug-likeness (QED) is 0.622. The van der Waals surface area contributed by atoms with Crippen LogP contribution in [-0.4, -0.2) is 18.9 Å². The molecule has 0 radical (unpaired) electrons. The average Bonchev–Trinajstić information content (AvgIpc) is 2.09. The molecule has 2 atom stereocenters. The van der Waals surface area contributed by atoms with Crippen LogP contribution >= 0.6 is 0 Å². The zero-order valence-corrected chi connectivity index (χ0v) is 8.41. The summed E-state index contributed by atoms with van der Waals surface area (Å²) < 4.78 is 9.91. The van der Waals surface area contributed by atoms with Gasteiger partial charge in [-0.05, 0) is 32.1 Å². The monoisotopic (exact) mass is 186 g/mol. The zero-order valence-electron chi connectivity index (χ0n) is 8.41. The maximum Gasteiger partial charge on any atom is 0.508 e. The molecule has 0 aliphatic heterocycles. The highest BCUT2D eigenvalue weighted by molar-refractivity contribution is 5.60. The number of hydrogen-bond donors (Lipinski definition) is 0. The summed E-state index contributed by atoms with van der Waals surface area (Å²) in [4.78, 5) is 11.0. The van der Waals surface area contributed by atoms with Gasteiger partial charge in [-0.2, -0.15) is 0 Å². The number of carbonyl (C=O) groups is 1. The number of carbonyl (C=O) groups excluding carboxylic acids is 1. The molecule has 0 saturated heterocycles. The Hall–Kier alpha value is -0.730. The molecule has 0 bridgehead atoms. The van der Waals surface area contributed by atoms with E-state index in [1.165, 1.54) is 6.42 Å². The van der Waals surface area contributed by atoms with Crippen molar-refractivity contribution in [1.82, 2.24) is 0 Å². The molecular weight excluding hydrogens is 168 g/mol. The van der Waals surface area contributed by atoms with E-state index in [0.717, 1.165) is 19.3 Å². The van der Waals surface area contributed by atoms with Crippen LogP contribution in [0.1, 0.15) is 39.5 Å². The summed E-state index contributed by atoms with van der Waals surface area (Å²) in [5, 5.41) is 0. The fourth-order valence-corrected chi connectivity index (χ4v) is 1.73. The third-order valence-electron chi connectivity index (χ3n) is 2.54. The van der Waals surface area contributed by atoms with Crippen molar-refractivity contribution in [2.75, 3.05) is 6.61 Å². The lowest BCUT2D eigenvalue weighted by atomic mass is 9.88. The minimum absolute atomic E-state index is 0.0767. The summed E-state index contributed by atoms with van der Waals surface area (Å²) in [5.74, 6) is 0.484. The first kappa shape index (κ1) is 10.4. The summed E-state index contributed by atoms with van der Waals surface area (Å²) >= 11 is 0. The summed E-state index contributed by atoms with van der Waals surface area (Å²) in [6.45, 7) is 4.30. The van der Waals surface area contributed by atoms with E-state index in [1.54, 1.807) is 6.92 Å². The SMILES string of the molecule is CCOC(=O)OC1CCCCC1C. The van der Waals surface area contributed by atoms with Crippen LogP contribution in [0, 0.1) is 5.92 Å². The van der Waals surface area contributed by atoms with Gasteiger partial charge in [0.2, 0.25) is 0 Å². The van der Waals surface area contributed by atoms with E-state index >= 15 is 0 Å². The van der Waals surface area contributed by atoms with E-state index in [-0.39, 0.29) is 6.10 Å². The summed E-state index contributed by atoms with van der Waals surface area (Å²) in [6, 6.07) is 0. The van der Waals surface area contributed by atoms with Crippen molar-refractivity contribution in [3.63, 3.8) is 0 Å². The maximum atomic E-state index is 11.0. The highest BCUT2D eigenvalue weighted by Gasteiger charge is 2.24. The molecule has 3 nitrogen and oxygen atoms in total. The third kappa shape index (κ3) is 3.25. The average molecular weight is 186 g/mol. The second-order valence-corrected chi connectivity index (χ2v) is 3.60. The van der Waals surface area contributed by atoms with Gasteiger partial charge in [-0.15, -0.1) is 0 Å². The van der Waals surface area contributed by atoms with Crippen molar-refractivity contribution in [2.24, 2.45) is 5.92 Å². The minimum atomic E-state index is -0.513. The second-order valence-electron chi connectivity index (χ2n) is 3.60. The molecule has 76 valence electrons. The molecule has 1 rings (SSSR count). The Labute approximate surface area is 79.4 Å². The summed E-state index contributed by atoms with van der Waals surface area (Å²) in [6.07, 6.45) is 4.12. The van der Waals surface area contributed by atoms with Crippen molar-refractivity contribution in [1.29, 1.82) is 0 Å². The second kappa shape index (κ2) is 5.10. The first-order valence-corrected chi connectivity index (χ1v) is 5.07. The molecule has 0 heterocycles. The molecule has 1 saturated carbocycles. The molecule has 1 aliphatic rings. The van der Waals surface area contributed by atoms with Crippen LogP contribution in [0.4, 0.5) is 4.79 Å². The lowest BCUT2D eigenvalue weighted by Crippen LogP contribution is -2.28. The van der Waals surface area contributed by atoms with Gasteiger partial charge in [-0.3, -0.25) is 0 Å². The van der Waals surface area contributed by atoms with E-state index in [0.29, 0.717) is 12.5 Å². The van der Waals surface area contributed by atoms with Gasteiger partial charge < -0.3 is 9.47 Å². The maximum absolute atomic E-state index is 11.0. The van der Waals surface area contributed by atoms with Crippen molar-refractivity contribution in [2.45, 2.75) is 45.6 Å². The lowest BCUT2D eigenvalue weighted by molar-refractivity contribution is -0.00639. The largest absolute Gasteiger partial charge is 0.508 e. The van der Waals surface area contributed by atoms with Crippen molar-refractivity contribution in [3.8, 4) is 0 Å². The lowest BCUT2D eigenvalue weighted by Gasteiger charge is -2.27. The number of ether oxygens (including phenoxy) is 2. The smallest absolute Gasteiger partial charge is 0.435 e. The molecule has 0 aromatic rings. The molecule has 0 amide bonds. The van der Waals surface area contributed by atoms with E-state index in [4.69, 9.17) is 9.47 Å². The van der Waals surface area contributed by atoms with Gasteiger partial charge in [-0.1, -0.05) is 13.3 Å². The van der Waals surface area contributed by atoms with E-state index < -0.39 is 6.16 Å². The van der Waals surface area contributed by atoms with Gasteiger partial charge >= 0.3 is 6.16 Å². The molecule has 0 aromatic heterocycles. The number of hydrogen-bond acceptors (Lipinski definition) is 3. The first-order chi connectivity index (χ1) is 6.24. The molecule has 1 fully saturated rings. The van der Waals surface area contributed by atoms with Crippen LogP contribution in [0.15, 0.2) is 0 Å². The van der Waals surface area contributed by atoms with E-state index in [1.807, 2.05) is 0 Å². The molecule has 3 heteroatoms. The van der Waals surface area contributed by atoms with Crippen molar-refractivity contribution < 1.29 is 14.3 Å². The fourth-order valence-electron chi connectivity index (χ4n) is 1.73. The predicted octanol–water partition coefficient (Wildman–Crippen LogP) is 2.74. The summed E-state index contributed by atoms with van der Waals surface area (Å²) in [5.41, 5.74) is 0. The van der Waals surface area contributed by atoms with Gasteiger partial charge in [0.15, 0.2) is 0 Å². The Balaban J connectivity index is 2.29.